The first kappa shape index (κ1) is 29.8. The Morgan fingerprint density at radius 2 is 1.33 bits per heavy atom. The molecule has 5 atom stereocenters. The Morgan fingerprint density at radius 3 is 1.86 bits per heavy atom. The molecule has 4 N–H and O–H groups in total. The summed E-state index contributed by atoms with van der Waals surface area (Å²) in [7, 11) is 0. The molecule has 0 unspecified atom stereocenters. The molecule has 2 fully saturated rings. The van der Waals surface area contributed by atoms with Crippen molar-refractivity contribution in [1.82, 2.24) is 0 Å². The first-order valence-corrected chi connectivity index (χ1v) is 15.5. The molecule has 42 heavy (non-hydrogen) atoms. The maximum atomic E-state index is 10.9. The molecule has 0 aromatic heterocycles. The monoisotopic (exact) mass is 564 g/mol. The highest BCUT2D eigenvalue weighted by Gasteiger charge is 2.61. The van der Waals surface area contributed by atoms with Gasteiger partial charge in [-0.15, -0.1) is 6.42 Å². The van der Waals surface area contributed by atoms with E-state index in [9.17, 15) is 20.4 Å². The van der Waals surface area contributed by atoms with E-state index in [2.05, 4.69) is 32.8 Å². The molecule has 3 aliphatic carbocycles. The minimum atomic E-state index is -0.919. The van der Waals surface area contributed by atoms with Crippen LogP contribution in [0.4, 0.5) is 0 Å². The van der Waals surface area contributed by atoms with Crippen LogP contribution < -0.4 is 0 Å². The van der Waals surface area contributed by atoms with Crippen molar-refractivity contribution < 1.29 is 20.4 Å². The van der Waals surface area contributed by atoms with Crippen LogP contribution in [0.2, 0.25) is 0 Å². The third kappa shape index (κ3) is 5.32. The van der Waals surface area contributed by atoms with Crippen LogP contribution in [0.5, 0.6) is 17.2 Å². The number of fused-ring (bicyclic) bond motifs is 5. The van der Waals surface area contributed by atoms with Gasteiger partial charge in [0.25, 0.3) is 0 Å². The number of phenolic OH excluding ortho intramolecular Hbond substituents is 3. The van der Waals surface area contributed by atoms with Gasteiger partial charge in [-0.25, -0.2) is 0 Å². The van der Waals surface area contributed by atoms with Gasteiger partial charge in [0.05, 0.1) is 0 Å². The highest BCUT2D eigenvalue weighted by atomic mass is 16.3. The molecule has 6 rings (SSSR count). The van der Waals surface area contributed by atoms with Crippen molar-refractivity contribution in [1.29, 1.82) is 0 Å². The number of hydrogen-bond acceptors (Lipinski definition) is 4. The number of terminal acetylenes is 1. The molecule has 0 spiro atoms. The van der Waals surface area contributed by atoms with Crippen LogP contribution in [0, 0.1) is 29.6 Å². The predicted molar refractivity (Wildman–Crippen MR) is 170 cm³/mol. The summed E-state index contributed by atoms with van der Waals surface area (Å²) in [6, 6.07) is 20.5. The third-order valence-corrected chi connectivity index (χ3v) is 10.6. The summed E-state index contributed by atoms with van der Waals surface area (Å²) in [6.45, 7) is 6.49. The van der Waals surface area contributed by atoms with Gasteiger partial charge in [0.1, 0.15) is 22.8 Å². The van der Waals surface area contributed by atoms with Gasteiger partial charge < -0.3 is 20.4 Å². The summed E-state index contributed by atoms with van der Waals surface area (Å²) in [5, 5.41) is 39.4. The number of aliphatic hydroxyl groups is 1. The Bertz CT molecular complexity index is 1420. The third-order valence-electron chi connectivity index (χ3n) is 10.6. The molecule has 4 nitrogen and oxygen atoms in total. The molecule has 3 aliphatic rings. The van der Waals surface area contributed by atoms with E-state index in [1.54, 1.807) is 24.3 Å². The average molecular weight is 565 g/mol. The van der Waals surface area contributed by atoms with Gasteiger partial charge in [0, 0.05) is 5.41 Å². The smallest absolute Gasteiger partial charge is 0.130 e. The lowest BCUT2D eigenvalue weighted by Gasteiger charge is -2.52. The fourth-order valence-corrected chi connectivity index (χ4v) is 8.33. The van der Waals surface area contributed by atoms with Crippen molar-refractivity contribution >= 4 is 11.1 Å². The molecule has 0 bridgehead atoms. The minimum Gasteiger partial charge on any atom is -0.508 e. The standard InChI is InChI=1S/C20H24O2.C18H20O2/c1-3-20(22)11-9-18-17-6-4-13-12-14(21)5-7-15(13)16(17)8-10-19(18,20)2;1-3-17(13-5-9-15(19)10-6-13)18(4-2)14-7-11-16(20)12-8-14/h1,5,7,12,16-18,21-22H,4,6,8-11H2,2H3;5-12,19-20H,3-4H2,1-2H3/b;18-17+/t16-,17-,18+,19+,20+;/m1./s1. The van der Waals surface area contributed by atoms with Crippen molar-refractivity contribution in [2.24, 2.45) is 17.3 Å². The fourth-order valence-electron chi connectivity index (χ4n) is 8.33. The van der Waals surface area contributed by atoms with E-state index in [4.69, 9.17) is 6.42 Å². The molecule has 0 radical (unpaired) electrons. The van der Waals surface area contributed by atoms with E-state index in [0.29, 0.717) is 23.5 Å². The van der Waals surface area contributed by atoms with Gasteiger partial charge in [-0.05, 0) is 139 Å². The molecule has 2 saturated carbocycles. The summed E-state index contributed by atoms with van der Waals surface area (Å²) in [5.74, 6) is 5.39. The van der Waals surface area contributed by atoms with Crippen LogP contribution in [0.15, 0.2) is 66.7 Å². The lowest BCUT2D eigenvalue weighted by atomic mass is 9.53. The molecule has 0 amide bonds. The topological polar surface area (TPSA) is 80.9 Å². The zero-order valence-electron chi connectivity index (χ0n) is 25.1. The van der Waals surface area contributed by atoms with Crippen molar-refractivity contribution in [3.05, 3.63) is 89.0 Å². The van der Waals surface area contributed by atoms with Crippen molar-refractivity contribution in [2.45, 2.75) is 83.7 Å². The number of phenols is 3. The van der Waals surface area contributed by atoms with Crippen LogP contribution in [0.1, 0.15) is 93.9 Å². The van der Waals surface area contributed by atoms with Gasteiger partial charge in [-0.3, -0.25) is 0 Å². The molecule has 0 saturated heterocycles. The lowest BCUT2D eigenvalue weighted by Crippen LogP contribution is -2.50. The molecule has 0 heterocycles. The Morgan fingerprint density at radius 1 is 0.786 bits per heavy atom. The Kier molecular flexibility index (Phi) is 8.44. The zero-order chi connectivity index (χ0) is 30.1. The van der Waals surface area contributed by atoms with Gasteiger partial charge in [-0.1, -0.05) is 57.0 Å². The Hall–Kier alpha value is -3.68. The van der Waals surface area contributed by atoms with E-state index < -0.39 is 5.60 Å². The van der Waals surface area contributed by atoms with Gasteiger partial charge in [-0.2, -0.15) is 0 Å². The number of hydrogen-bond donors (Lipinski definition) is 4. The SMILES string of the molecule is C#C[C@]1(O)CC[C@H]2[C@@H]3CCc4cc(O)ccc4[C@H]3CC[C@@]21C.CC/C(=C(/CC)c1ccc(O)cc1)c1ccc(O)cc1. The number of benzene rings is 3. The molecular formula is C38H44O4. The fraction of sp³-hybridized carbons (Fsp3) is 0.421. The summed E-state index contributed by atoms with van der Waals surface area (Å²) < 4.78 is 0. The second kappa shape index (κ2) is 11.9. The number of rotatable bonds is 4. The van der Waals surface area contributed by atoms with Crippen LogP contribution in [-0.2, 0) is 6.42 Å². The van der Waals surface area contributed by atoms with Crippen molar-refractivity contribution in [2.75, 3.05) is 0 Å². The summed E-state index contributed by atoms with van der Waals surface area (Å²) >= 11 is 0. The first-order valence-electron chi connectivity index (χ1n) is 15.5. The van der Waals surface area contributed by atoms with E-state index >= 15 is 0 Å². The second-order valence-electron chi connectivity index (χ2n) is 12.6. The molecular weight excluding hydrogens is 520 g/mol. The van der Waals surface area contributed by atoms with Crippen LogP contribution in [0.3, 0.4) is 0 Å². The van der Waals surface area contributed by atoms with Crippen LogP contribution >= 0.6 is 0 Å². The van der Waals surface area contributed by atoms with Gasteiger partial charge in [0.2, 0.25) is 0 Å². The number of aryl methyl sites for hydroxylation is 1. The average Bonchev–Trinajstić information content (AvgIpc) is 3.28. The predicted octanol–water partition coefficient (Wildman–Crippen LogP) is 8.44. The maximum Gasteiger partial charge on any atom is 0.130 e. The van der Waals surface area contributed by atoms with E-state index in [1.165, 1.54) is 22.3 Å². The maximum absolute atomic E-state index is 10.9. The van der Waals surface area contributed by atoms with E-state index in [0.717, 1.165) is 62.5 Å². The van der Waals surface area contributed by atoms with Crippen molar-refractivity contribution in [3.63, 3.8) is 0 Å². The summed E-state index contributed by atoms with van der Waals surface area (Å²) in [6.07, 6.45) is 13.6. The number of aromatic hydroxyl groups is 3. The summed E-state index contributed by atoms with van der Waals surface area (Å²) in [5.41, 5.74) is 6.51. The molecule has 0 aliphatic heterocycles. The second-order valence-corrected chi connectivity index (χ2v) is 12.6. The normalized spacial score (nSPS) is 28.2. The molecule has 4 heteroatoms. The summed E-state index contributed by atoms with van der Waals surface area (Å²) in [4.78, 5) is 0. The number of allylic oxidation sites excluding steroid dienone is 2. The Labute approximate surface area is 250 Å². The van der Waals surface area contributed by atoms with Crippen LogP contribution in [0.25, 0.3) is 11.1 Å². The van der Waals surface area contributed by atoms with Gasteiger partial charge in [0.15, 0.2) is 0 Å². The molecule has 3 aromatic rings. The lowest BCUT2D eigenvalue weighted by molar-refractivity contribution is -0.0646. The quantitative estimate of drug-likeness (QED) is 0.189. The van der Waals surface area contributed by atoms with E-state index in [-0.39, 0.29) is 16.9 Å². The molecule has 3 aromatic carbocycles. The highest BCUT2D eigenvalue weighted by Crippen LogP contribution is 2.64. The van der Waals surface area contributed by atoms with E-state index in [1.807, 2.05) is 36.4 Å². The van der Waals surface area contributed by atoms with Crippen molar-refractivity contribution in [3.8, 4) is 29.6 Å². The first-order chi connectivity index (χ1) is 20.1. The Balaban J connectivity index is 0.000000169. The van der Waals surface area contributed by atoms with Crippen LogP contribution in [-0.4, -0.2) is 26.0 Å². The van der Waals surface area contributed by atoms with Gasteiger partial charge >= 0.3 is 0 Å². The highest BCUT2D eigenvalue weighted by molar-refractivity contribution is 5.90. The minimum absolute atomic E-state index is 0.128. The zero-order valence-corrected chi connectivity index (χ0v) is 25.1. The molecule has 220 valence electrons. The largest absolute Gasteiger partial charge is 0.508 e.